The van der Waals surface area contributed by atoms with Crippen molar-refractivity contribution in [3.8, 4) is 0 Å². The molecule has 0 bridgehead atoms. The molecule has 0 rings (SSSR count). The Labute approximate surface area is 458 Å². The summed E-state index contributed by atoms with van der Waals surface area (Å²) in [6.45, 7) is 4.86. The normalized spacial score (nSPS) is 12.8. The van der Waals surface area contributed by atoms with Gasteiger partial charge in [0.25, 0.3) is 6.29 Å². The summed E-state index contributed by atoms with van der Waals surface area (Å²) in [5.41, 5.74) is 0. The van der Waals surface area contributed by atoms with Crippen molar-refractivity contribution in [2.75, 3.05) is 47.5 Å². The molecular formula is C65H124NO8+. The molecular weight excluding hydrogens is 923 g/mol. The van der Waals surface area contributed by atoms with Crippen LogP contribution in [0.2, 0.25) is 0 Å². The van der Waals surface area contributed by atoms with Crippen LogP contribution >= 0.6 is 0 Å². The molecule has 0 amide bonds. The summed E-state index contributed by atoms with van der Waals surface area (Å²) >= 11 is 0. The molecule has 0 aromatic carbocycles. The first-order valence-electron chi connectivity index (χ1n) is 32.0. The smallest absolute Gasteiger partial charge is 0.361 e. The number of nitrogens with zero attached hydrogens (tertiary/aromatic N) is 1. The first kappa shape index (κ1) is 71.8. The minimum Gasteiger partial charge on any atom is -0.477 e. The third kappa shape index (κ3) is 57.5. The van der Waals surface area contributed by atoms with Gasteiger partial charge in [0.1, 0.15) is 13.2 Å². The molecule has 1 N–H and O–H groups in total. The van der Waals surface area contributed by atoms with E-state index in [4.69, 9.17) is 18.9 Å². The van der Waals surface area contributed by atoms with Gasteiger partial charge in [0.2, 0.25) is 0 Å². The highest BCUT2D eigenvalue weighted by molar-refractivity contribution is 5.71. The Morgan fingerprint density at radius 1 is 0.405 bits per heavy atom. The van der Waals surface area contributed by atoms with Crippen LogP contribution in [0.15, 0.2) is 24.3 Å². The molecule has 2 unspecified atom stereocenters. The number of allylic oxidation sites excluding steroid dienone is 4. The summed E-state index contributed by atoms with van der Waals surface area (Å²) in [6.07, 6.45) is 65.9. The van der Waals surface area contributed by atoms with Crippen molar-refractivity contribution in [3.05, 3.63) is 24.3 Å². The largest absolute Gasteiger partial charge is 0.477 e. The quantitative estimate of drug-likeness (QED) is 0.0211. The molecule has 0 aliphatic rings. The number of carboxylic acid groups (broad SMARTS) is 1. The Hall–Kier alpha value is -2.23. The Morgan fingerprint density at radius 2 is 0.743 bits per heavy atom. The number of carbonyl (C=O) groups excluding carboxylic acids is 2. The minimum atomic E-state index is -1.51. The summed E-state index contributed by atoms with van der Waals surface area (Å²) in [5, 5.41) is 9.69. The number of unbranched alkanes of at least 4 members (excludes halogenated alkanes) is 41. The van der Waals surface area contributed by atoms with E-state index in [1.54, 1.807) is 0 Å². The van der Waals surface area contributed by atoms with Gasteiger partial charge < -0.3 is 28.5 Å². The molecule has 74 heavy (non-hydrogen) atoms. The molecule has 436 valence electrons. The maximum absolute atomic E-state index is 12.8. The van der Waals surface area contributed by atoms with Crippen LogP contribution in [0.3, 0.4) is 0 Å². The SMILES string of the molecule is CCCC/C=C\C/C=C\CCCCCCCC(=O)OC(COC(=O)CCCCCCCCCCCCCCCCCCCCCCCCCCCCCCCCCCCCC)COC(OCC[N+](C)(C)C)C(=O)O. The molecule has 0 heterocycles. The van der Waals surface area contributed by atoms with Gasteiger partial charge in [-0.1, -0.05) is 289 Å². The average molecular weight is 1050 g/mol. The Balaban J connectivity index is 3.95. The molecule has 0 aromatic rings. The predicted molar refractivity (Wildman–Crippen MR) is 314 cm³/mol. The molecule has 9 nitrogen and oxygen atoms in total. The van der Waals surface area contributed by atoms with Gasteiger partial charge in [-0.3, -0.25) is 9.59 Å². The zero-order valence-corrected chi connectivity index (χ0v) is 49.8. The van der Waals surface area contributed by atoms with Crippen LogP contribution in [0.4, 0.5) is 0 Å². The van der Waals surface area contributed by atoms with Crippen molar-refractivity contribution in [3.63, 3.8) is 0 Å². The number of hydrogen-bond donors (Lipinski definition) is 1. The summed E-state index contributed by atoms with van der Waals surface area (Å²) in [7, 11) is 5.97. The summed E-state index contributed by atoms with van der Waals surface area (Å²) in [5.74, 6) is -2.01. The van der Waals surface area contributed by atoms with E-state index in [1.807, 2.05) is 21.1 Å². The lowest BCUT2D eigenvalue weighted by Crippen LogP contribution is -2.40. The Morgan fingerprint density at radius 3 is 1.11 bits per heavy atom. The van der Waals surface area contributed by atoms with Crippen LogP contribution in [0.1, 0.15) is 316 Å². The van der Waals surface area contributed by atoms with E-state index in [2.05, 4.69) is 38.2 Å². The van der Waals surface area contributed by atoms with Crippen LogP contribution in [-0.2, 0) is 33.3 Å². The Kier molecular flexibility index (Phi) is 55.2. The third-order valence-electron chi connectivity index (χ3n) is 14.5. The van der Waals surface area contributed by atoms with Gasteiger partial charge in [-0.25, -0.2) is 4.79 Å². The number of hydrogen-bond acceptors (Lipinski definition) is 7. The lowest BCUT2D eigenvalue weighted by atomic mass is 10.0. The average Bonchev–Trinajstić information content (AvgIpc) is 3.37. The number of rotatable bonds is 60. The molecule has 0 aromatic heterocycles. The van der Waals surface area contributed by atoms with E-state index in [-0.39, 0.29) is 32.2 Å². The zero-order valence-electron chi connectivity index (χ0n) is 49.8. The Bertz CT molecular complexity index is 1260. The van der Waals surface area contributed by atoms with Crippen molar-refractivity contribution < 1.29 is 42.9 Å². The highest BCUT2D eigenvalue weighted by atomic mass is 16.7. The van der Waals surface area contributed by atoms with E-state index >= 15 is 0 Å². The van der Waals surface area contributed by atoms with Crippen LogP contribution in [0.5, 0.6) is 0 Å². The van der Waals surface area contributed by atoms with Crippen LogP contribution in [-0.4, -0.2) is 87.4 Å². The summed E-state index contributed by atoms with van der Waals surface area (Å²) in [6, 6.07) is 0. The first-order chi connectivity index (χ1) is 36.1. The molecule has 9 heteroatoms. The van der Waals surface area contributed by atoms with Crippen LogP contribution < -0.4 is 0 Å². The van der Waals surface area contributed by atoms with Crippen molar-refractivity contribution in [2.24, 2.45) is 0 Å². The predicted octanol–water partition coefficient (Wildman–Crippen LogP) is 19.1. The van der Waals surface area contributed by atoms with Gasteiger partial charge in [0.05, 0.1) is 34.4 Å². The minimum absolute atomic E-state index is 0.183. The van der Waals surface area contributed by atoms with Crippen LogP contribution in [0.25, 0.3) is 0 Å². The highest BCUT2D eigenvalue weighted by Gasteiger charge is 2.25. The number of aliphatic carboxylic acids is 1. The topological polar surface area (TPSA) is 108 Å². The van der Waals surface area contributed by atoms with Gasteiger partial charge in [0, 0.05) is 12.8 Å². The van der Waals surface area contributed by atoms with E-state index in [1.165, 1.54) is 218 Å². The number of ether oxygens (including phenoxy) is 4. The number of carbonyl (C=O) groups is 3. The summed E-state index contributed by atoms with van der Waals surface area (Å²) < 4.78 is 22.9. The van der Waals surface area contributed by atoms with E-state index in [0.717, 1.165) is 64.2 Å². The highest BCUT2D eigenvalue weighted by Crippen LogP contribution is 2.18. The molecule has 0 fully saturated rings. The lowest BCUT2D eigenvalue weighted by Gasteiger charge is -2.25. The number of quaternary nitrogens is 1. The van der Waals surface area contributed by atoms with E-state index in [9.17, 15) is 19.5 Å². The second-order valence-electron chi connectivity index (χ2n) is 23.1. The molecule has 2 atom stereocenters. The maximum atomic E-state index is 12.8. The second kappa shape index (κ2) is 57.0. The van der Waals surface area contributed by atoms with Crippen molar-refractivity contribution in [2.45, 2.75) is 328 Å². The number of esters is 2. The molecule has 0 radical (unpaired) electrons. The number of likely N-dealkylation sites (N-methyl/N-ethyl adjacent to an activating group) is 1. The second-order valence-corrected chi connectivity index (χ2v) is 23.1. The fourth-order valence-electron chi connectivity index (χ4n) is 9.50. The lowest BCUT2D eigenvalue weighted by molar-refractivity contribution is -0.870. The van der Waals surface area contributed by atoms with Gasteiger partial charge >= 0.3 is 17.9 Å². The maximum Gasteiger partial charge on any atom is 0.361 e. The summed E-state index contributed by atoms with van der Waals surface area (Å²) in [4.78, 5) is 37.4. The third-order valence-corrected chi connectivity index (χ3v) is 14.5. The fraction of sp³-hybridized carbons (Fsp3) is 0.892. The van der Waals surface area contributed by atoms with Crippen molar-refractivity contribution in [1.29, 1.82) is 0 Å². The monoisotopic (exact) mass is 1050 g/mol. The first-order valence-corrected chi connectivity index (χ1v) is 32.0. The molecule has 0 aliphatic heterocycles. The van der Waals surface area contributed by atoms with Crippen molar-refractivity contribution >= 4 is 17.9 Å². The standard InChI is InChI=1S/C65H123NO8/c1-6-8-10-12-14-16-18-20-22-23-24-25-26-27-28-29-30-31-32-33-34-35-36-37-38-39-40-41-42-44-45-47-49-51-53-55-62(67)72-59-61(60-73-65(64(69)70)71-58-57-66(3,4)5)74-63(68)56-54-52-50-48-46-43-21-19-17-15-13-11-9-7-2/h13,15,19,21,61,65H,6-12,14,16-18,20,22-60H2,1-5H3/p+1/b15-13-,21-19-. The van der Waals surface area contributed by atoms with Gasteiger partial charge in [0.15, 0.2) is 6.10 Å². The van der Waals surface area contributed by atoms with Gasteiger partial charge in [-0.05, 0) is 38.5 Å². The van der Waals surface area contributed by atoms with E-state index < -0.39 is 24.3 Å². The molecule has 0 aliphatic carbocycles. The van der Waals surface area contributed by atoms with Crippen LogP contribution in [0, 0.1) is 0 Å². The fourth-order valence-corrected chi connectivity index (χ4v) is 9.50. The molecule has 0 saturated heterocycles. The van der Waals surface area contributed by atoms with E-state index in [0.29, 0.717) is 23.9 Å². The van der Waals surface area contributed by atoms with Gasteiger partial charge in [-0.15, -0.1) is 0 Å². The zero-order chi connectivity index (χ0) is 54.1. The molecule has 0 saturated carbocycles. The number of carboxylic acids is 1. The van der Waals surface area contributed by atoms with Crippen molar-refractivity contribution in [1.82, 2.24) is 0 Å². The van der Waals surface area contributed by atoms with Gasteiger partial charge in [-0.2, -0.15) is 0 Å². The molecule has 0 spiro atoms.